The van der Waals surface area contributed by atoms with Crippen LogP contribution in [0.4, 0.5) is 0 Å². The van der Waals surface area contributed by atoms with E-state index in [2.05, 4.69) is 10.1 Å². The Balaban J connectivity index is 0.00000112. The summed E-state index contributed by atoms with van der Waals surface area (Å²) in [5.74, 6) is 1.71. The summed E-state index contributed by atoms with van der Waals surface area (Å²) in [5, 5.41) is 4.11. The van der Waals surface area contributed by atoms with Crippen molar-refractivity contribution in [1.82, 2.24) is 14.8 Å². The highest BCUT2D eigenvalue weighted by Crippen LogP contribution is 2.14. The molecule has 2 aromatic rings. The van der Waals surface area contributed by atoms with E-state index in [1.807, 2.05) is 31.2 Å². The number of hydrogen-bond donors (Lipinski definition) is 0. The van der Waals surface area contributed by atoms with Gasteiger partial charge in [0.15, 0.2) is 0 Å². The maximum atomic E-state index is 5.07. The summed E-state index contributed by atoms with van der Waals surface area (Å²) in [5.41, 5.74) is 0.987. The third kappa shape index (κ3) is 2.36. The van der Waals surface area contributed by atoms with Gasteiger partial charge in [-0.3, -0.25) is 0 Å². The molecule has 2 rings (SSSR count). The highest BCUT2D eigenvalue weighted by atomic mass is 79.9. The number of benzene rings is 1. The molecule has 0 unspecified atom stereocenters. The number of ether oxygens (including phenoxy) is 1. The Morgan fingerprint density at radius 3 is 2.33 bits per heavy atom. The van der Waals surface area contributed by atoms with Gasteiger partial charge in [0.1, 0.15) is 17.9 Å². The molecule has 0 aliphatic carbocycles. The minimum absolute atomic E-state index is 0. The van der Waals surface area contributed by atoms with Crippen LogP contribution in [0.3, 0.4) is 0 Å². The van der Waals surface area contributed by atoms with Crippen LogP contribution in [-0.2, 0) is 0 Å². The maximum Gasteiger partial charge on any atom is 0.138 e. The molecule has 0 aliphatic heterocycles. The van der Waals surface area contributed by atoms with Gasteiger partial charge < -0.3 is 4.74 Å². The first-order valence-electron chi connectivity index (χ1n) is 4.32. The standard InChI is InChI=1S/C10H11N3O.BrH/c1-8-11-7-12-13(8)9-3-5-10(14-2)6-4-9;/h3-7H,1-2H3;1H. The molecule has 4 nitrogen and oxygen atoms in total. The fourth-order valence-electron chi connectivity index (χ4n) is 1.28. The van der Waals surface area contributed by atoms with Crippen LogP contribution in [0.5, 0.6) is 5.75 Å². The van der Waals surface area contributed by atoms with Crippen LogP contribution >= 0.6 is 17.0 Å². The van der Waals surface area contributed by atoms with Gasteiger partial charge in [-0.25, -0.2) is 9.67 Å². The maximum absolute atomic E-state index is 5.07. The molecule has 0 N–H and O–H groups in total. The first-order valence-corrected chi connectivity index (χ1v) is 4.32. The monoisotopic (exact) mass is 269 g/mol. The van der Waals surface area contributed by atoms with E-state index in [4.69, 9.17) is 4.74 Å². The van der Waals surface area contributed by atoms with Crippen molar-refractivity contribution in [3.63, 3.8) is 0 Å². The highest BCUT2D eigenvalue weighted by molar-refractivity contribution is 8.93. The summed E-state index contributed by atoms with van der Waals surface area (Å²) < 4.78 is 6.85. The Morgan fingerprint density at radius 2 is 1.87 bits per heavy atom. The van der Waals surface area contributed by atoms with Crippen molar-refractivity contribution >= 4 is 17.0 Å². The van der Waals surface area contributed by atoms with Crippen LogP contribution < -0.4 is 4.74 Å². The smallest absolute Gasteiger partial charge is 0.138 e. The van der Waals surface area contributed by atoms with Gasteiger partial charge in [-0.2, -0.15) is 5.10 Å². The van der Waals surface area contributed by atoms with Gasteiger partial charge in [0, 0.05) is 0 Å². The number of aryl methyl sites for hydroxylation is 1. The SMILES string of the molecule is Br.COc1ccc(-n2ncnc2C)cc1. The number of methoxy groups -OCH3 is 1. The molecule has 1 aromatic carbocycles. The zero-order valence-corrected chi connectivity index (χ0v) is 10.3. The van der Waals surface area contributed by atoms with Gasteiger partial charge in [-0.05, 0) is 31.2 Å². The Bertz CT molecular complexity index is 424. The van der Waals surface area contributed by atoms with Gasteiger partial charge in [0.2, 0.25) is 0 Å². The second-order valence-corrected chi connectivity index (χ2v) is 2.92. The van der Waals surface area contributed by atoms with Crippen molar-refractivity contribution in [2.45, 2.75) is 6.92 Å². The van der Waals surface area contributed by atoms with E-state index in [-0.39, 0.29) is 17.0 Å². The average Bonchev–Trinajstić information content (AvgIpc) is 2.65. The molecule has 5 heteroatoms. The van der Waals surface area contributed by atoms with Crippen LogP contribution in [0.25, 0.3) is 5.69 Å². The fraction of sp³-hybridized carbons (Fsp3) is 0.200. The molecule has 0 radical (unpaired) electrons. The molecule has 0 atom stereocenters. The molecule has 1 aromatic heterocycles. The lowest BCUT2D eigenvalue weighted by atomic mass is 10.3. The largest absolute Gasteiger partial charge is 0.497 e. The van der Waals surface area contributed by atoms with E-state index >= 15 is 0 Å². The molecular weight excluding hydrogens is 258 g/mol. The van der Waals surface area contributed by atoms with Gasteiger partial charge in [0.25, 0.3) is 0 Å². The summed E-state index contributed by atoms with van der Waals surface area (Å²) >= 11 is 0. The van der Waals surface area contributed by atoms with Crippen LogP contribution in [0.15, 0.2) is 30.6 Å². The van der Waals surface area contributed by atoms with E-state index in [0.29, 0.717) is 0 Å². The van der Waals surface area contributed by atoms with Crippen molar-refractivity contribution in [3.05, 3.63) is 36.4 Å². The minimum atomic E-state index is 0. The van der Waals surface area contributed by atoms with Gasteiger partial charge in [0.05, 0.1) is 12.8 Å². The summed E-state index contributed by atoms with van der Waals surface area (Å²) in [6.45, 7) is 1.91. The second kappa shape index (κ2) is 4.93. The number of aromatic nitrogens is 3. The van der Waals surface area contributed by atoms with Crippen molar-refractivity contribution in [1.29, 1.82) is 0 Å². The lowest BCUT2D eigenvalue weighted by Gasteiger charge is -2.03. The molecule has 15 heavy (non-hydrogen) atoms. The molecule has 0 bridgehead atoms. The van der Waals surface area contributed by atoms with Crippen molar-refractivity contribution in [2.24, 2.45) is 0 Å². The third-order valence-corrected chi connectivity index (χ3v) is 2.04. The number of hydrogen-bond acceptors (Lipinski definition) is 3. The Morgan fingerprint density at radius 1 is 1.20 bits per heavy atom. The lowest BCUT2D eigenvalue weighted by Crippen LogP contribution is -1.98. The Kier molecular flexibility index (Phi) is 3.85. The summed E-state index contributed by atoms with van der Waals surface area (Å²) in [6, 6.07) is 7.69. The topological polar surface area (TPSA) is 39.9 Å². The molecule has 0 amide bonds. The minimum Gasteiger partial charge on any atom is -0.497 e. The van der Waals surface area contributed by atoms with E-state index in [1.165, 1.54) is 0 Å². The van der Waals surface area contributed by atoms with Gasteiger partial charge in [-0.15, -0.1) is 17.0 Å². The Labute approximate surface area is 98.7 Å². The summed E-state index contributed by atoms with van der Waals surface area (Å²) in [7, 11) is 1.65. The first kappa shape index (κ1) is 11.7. The summed E-state index contributed by atoms with van der Waals surface area (Å²) in [4.78, 5) is 4.06. The molecule has 0 saturated carbocycles. The van der Waals surface area contributed by atoms with Gasteiger partial charge in [-0.1, -0.05) is 0 Å². The second-order valence-electron chi connectivity index (χ2n) is 2.92. The third-order valence-electron chi connectivity index (χ3n) is 2.04. The van der Waals surface area contributed by atoms with Crippen molar-refractivity contribution in [2.75, 3.05) is 7.11 Å². The van der Waals surface area contributed by atoms with Crippen LogP contribution in [0, 0.1) is 6.92 Å². The highest BCUT2D eigenvalue weighted by Gasteiger charge is 2.01. The zero-order chi connectivity index (χ0) is 9.97. The predicted octanol–water partition coefficient (Wildman–Crippen LogP) is 2.16. The molecule has 0 aliphatic rings. The lowest BCUT2D eigenvalue weighted by molar-refractivity contribution is 0.414. The first-order chi connectivity index (χ1) is 6.81. The molecular formula is C10H12BrN3O. The summed E-state index contributed by atoms with van der Waals surface area (Å²) in [6.07, 6.45) is 1.54. The molecule has 0 saturated heterocycles. The van der Waals surface area contributed by atoms with Crippen LogP contribution in [0.1, 0.15) is 5.82 Å². The molecule has 1 heterocycles. The van der Waals surface area contributed by atoms with Gasteiger partial charge >= 0.3 is 0 Å². The quantitative estimate of drug-likeness (QED) is 0.839. The number of halogens is 1. The average molecular weight is 270 g/mol. The van der Waals surface area contributed by atoms with E-state index < -0.39 is 0 Å². The number of nitrogens with zero attached hydrogens (tertiary/aromatic N) is 3. The fourth-order valence-corrected chi connectivity index (χ4v) is 1.28. The van der Waals surface area contributed by atoms with E-state index in [0.717, 1.165) is 17.3 Å². The van der Waals surface area contributed by atoms with Crippen molar-refractivity contribution in [3.8, 4) is 11.4 Å². The Hall–Kier alpha value is -1.36. The van der Waals surface area contributed by atoms with E-state index in [1.54, 1.807) is 18.1 Å². The van der Waals surface area contributed by atoms with E-state index in [9.17, 15) is 0 Å². The normalized spacial score (nSPS) is 9.47. The molecule has 0 fully saturated rings. The molecule has 0 spiro atoms. The van der Waals surface area contributed by atoms with Crippen LogP contribution in [-0.4, -0.2) is 21.9 Å². The number of rotatable bonds is 2. The predicted molar refractivity (Wildman–Crippen MR) is 63.0 cm³/mol. The molecule has 80 valence electrons. The van der Waals surface area contributed by atoms with Crippen molar-refractivity contribution < 1.29 is 4.74 Å². The van der Waals surface area contributed by atoms with Crippen LogP contribution in [0.2, 0.25) is 0 Å². The zero-order valence-electron chi connectivity index (χ0n) is 8.54.